The number of rotatable bonds is 6. The van der Waals surface area contributed by atoms with Crippen LogP contribution in [-0.4, -0.2) is 38.4 Å². The number of nitrogens with one attached hydrogen (secondary N) is 1. The van der Waals surface area contributed by atoms with Crippen LogP contribution in [0.1, 0.15) is 30.4 Å². The number of ether oxygens (including phenoxy) is 1. The number of aliphatic hydroxyl groups is 1. The van der Waals surface area contributed by atoms with Crippen molar-refractivity contribution in [1.82, 2.24) is 20.1 Å². The van der Waals surface area contributed by atoms with E-state index >= 15 is 0 Å². The molecule has 3 rings (SSSR count). The Morgan fingerprint density at radius 2 is 2.08 bits per heavy atom. The third kappa shape index (κ3) is 3.53. The molecule has 1 heterocycles. The van der Waals surface area contributed by atoms with E-state index in [4.69, 9.17) is 9.84 Å². The summed E-state index contributed by atoms with van der Waals surface area (Å²) in [6.45, 7) is -0.247. The molecule has 1 aromatic heterocycles. The predicted molar refractivity (Wildman–Crippen MR) is 82.7 cm³/mol. The van der Waals surface area contributed by atoms with E-state index < -0.39 is 0 Å². The smallest absolute Gasteiger partial charge is 0.258 e. The molecule has 128 valence electrons. The summed E-state index contributed by atoms with van der Waals surface area (Å²) in [6, 6.07) is 5.61. The molecule has 1 saturated carbocycles. The molecule has 7 nitrogen and oxygen atoms in total. The normalized spacial score (nSPS) is 19.6. The number of nitrogens with zero attached hydrogens (tertiary/aromatic N) is 3. The first-order valence-electron chi connectivity index (χ1n) is 7.73. The molecule has 0 spiro atoms. The average Bonchev–Trinajstić information content (AvgIpc) is 2.90. The Balaban J connectivity index is 1.42. The monoisotopic (exact) mass is 334 g/mol. The Bertz CT molecular complexity index is 711. The zero-order valence-electron chi connectivity index (χ0n) is 13.3. The van der Waals surface area contributed by atoms with Crippen LogP contribution in [0.4, 0.5) is 4.39 Å². The van der Waals surface area contributed by atoms with Gasteiger partial charge in [-0.3, -0.25) is 4.79 Å². The third-order valence-electron chi connectivity index (χ3n) is 4.19. The van der Waals surface area contributed by atoms with Crippen molar-refractivity contribution in [3.05, 3.63) is 41.7 Å². The fourth-order valence-electron chi connectivity index (χ4n) is 2.76. The first kappa shape index (κ1) is 16.4. The lowest BCUT2D eigenvalue weighted by atomic mass is 9.79. The van der Waals surface area contributed by atoms with Gasteiger partial charge in [0, 0.05) is 19.0 Å². The molecule has 2 aromatic rings. The number of amides is 1. The highest BCUT2D eigenvalue weighted by molar-refractivity contribution is 5.78. The molecule has 0 bridgehead atoms. The Morgan fingerprint density at radius 3 is 2.71 bits per heavy atom. The van der Waals surface area contributed by atoms with Gasteiger partial charge in [-0.2, -0.15) is 0 Å². The molecule has 0 saturated heterocycles. The number of carbonyl (C=O) groups excluding carboxylic acids is 1. The maximum atomic E-state index is 12.8. The number of aliphatic hydroxyl groups excluding tert-OH is 1. The summed E-state index contributed by atoms with van der Waals surface area (Å²) in [7, 11) is 1.82. The number of aromatic nitrogens is 3. The summed E-state index contributed by atoms with van der Waals surface area (Å²) in [5.74, 6) is 1.48. The largest absolute Gasteiger partial charge is 0.484 e. The van der Waals surface area contributed by atoms with Gasteiger partial charge in [-0.1, -0.05) is 0 Å². The Kier molecular flexibility index (Phi) is 4.75. The van der Waals surface area contributed by atoms with Crippen LogP contribution in [0.3, 0.4) is 0 Å². The van der Waals surface area contributed by atoms with E-state index in [1.807, 2.05) is 7.05 Å². The number of hydrogen-bond acceptors (Lipinski definition) is 5. The van der Waals surface area contributed by atoms with E-state index in [0.717, 1.165) is 18.7 Å². The molecule has 1 aliphatic rings. The number of benzene rings is 1. The van der Waals surface area contributed by atoms with Crippen molar-refractivity contribution in [3.8, 4) is 5.75 Å². The van der Waals surface area contributed by atoms with Crippen molar-refractivity contribution in [3.63, 3.8) is 0 Å². The maximum Gasteiger partial charge on any atom is 0.258 e. The highest BCUT2D eigenvalue weighted by Gasteiger charge is 2.34. The summed E-state index contributed by atoms with van der Waals surface area (Å²) in [5, 5.41) is 20.0. The molecular formula is C16H19FN4O3. The Morgan fingerprint density at radius 1 is 1.38 bits per heavy atom. The van der Waals surface area contributed by atoms with E-state index in [0.29, 0.717) is 11.6 Å². The van der Waals surface area contributed by atoms with Gasteiger partial charge in [-0.25, -0.2) is 4.39 Å². The van der Waals surface area contributed by atoms with Gasteiger partial charge in [0.1, 0.15) is 24.0 Å². The van der Waals surface area contributed by atoms with Crippen molar-refractivity contribution >= 4 is 5.91 Å². The zero-order chi connectivity index (χ0) is 17.1. The molecule has 0 unspecified atom stereocenters. The summed E-state index contributed by atoms with van der Waals surface area (Å²) in [6.07, 6.45) is 1.55. The lowest BCUT2D eigenvalue weighted by molar-refractivity contribution is -0.124. The second kappa shape index (κ2) is 6.96. The van der Waals surface area contributed by atoms with Crippen LogP contribution in [0.15, 0.2) is 24.3 Å². The van der Waals surface area contributed by atoms with E-state index in [1.165, 1.54) is 24.3 Å². The molecule has 1 amide bonds. The van der Waals surface area contributed by atoms with Crippen LogP contribution < -0.4 is 10.1 Å². The van der Waals surface area contributed by atoms with Gasteiger partial charge < -0.3 is 19.7 Å². The van der Waals surface area contributed by atoms with Gasteiger partial charge in [0.05, 0.1) is 0 Å². The minimum atomic E-state index is -0.347. The van der Waals surface area contributed by atoms with Crippen LogP contribution in [0, 0.1) is 5.82 Å². The number of halogens is 1. The summed E-state index contributed by atoms with van der Waals surface area (Å²) in [4.78, 5) is 11.9. The zero-order valence-corrected chi connectivity index (χ0v) is 13.3. The van der Waals surface area contributed by atoms with Gasteiger partial charge in [0.2, 0.25) is 0 Å². The average molecular weight is 334 g/mol. The van der Waals surface area contributed by atoms with Gasteiger partial charge in [0.25, 0.3) is 5.91 Å². The van der Waals surface area contributed by atoms with Crippen molar-refractivity contribution in [2.24, 2.45) is 7.05 Å². The SMILES string of the molecule is Cn1c(CO)nnc1C1CC(NC(=O)COc2ccc(F)cc2)C1. The van der Waals surface area contributed by atoms with Crippen molar-refractivity contribution in [1.29, 1.82) is 0 Å². The fraction of sp³-hybridized carbons (Fsp3) is 0.438. The van der Waals surface area contributed by atoms with Crippen molar-refractivity contribution < 1.29 is 19.0 Å². The van der Waals surface area contributed by atoms with E-state index in [9.17, 15) is 9.18 Å². The van der Waals surface area contributed by atoms with Gasteiger partial charge in [-0.15, -0.1) is 10.2 Å². The molecule has 1 aliphatic carbocycles. The summed E-state index contributed by atoms with van der Waals surface area (Å²) < 4.78 is 19.9. The van der Waals surface area contributed by atoms with Gasteiger partial charge >= 0.3 is 0 Å². The Hall–Kier alpha value is -2.48. The predicted octanol–water partition coefficient (Wildman–Crippen LogP) is 0.888. The lowest BCUT2D eigenvalue weighted by Crippen LogP contribution is -2.45. The summed E-state index contributed by atoms with van der Waals surface area (Å²) in [5.41, 5.74) is 0. The first-order valence-corrected chi connectivity index (χ1v) is 7.73. The second-order valence-corrected chi connectivity index (χ2v) is 5.87. The van der Waals surface area contributed by atoms with Crippen LogP contribution in [-0.2, 0) is 18.4 Å². The number of hydrogen-bond donors (Lipinski definition) is 2. The van der Waals surface area contributed by atoms with Crippen LogP contribution in [0.2, 0.25) is 0 Å². The molecule has 1 aromatic carbocycles. The van der Waals surface area contributed by atoms with Gasteiger partial charge in [0.15, 0.2) is 12.4 Å². The van der Waals surface area contributed by atoms with Crippen molar-refractivity contribution in [2.45, 2.75) is 31.4 Å². The maximum absolute atomic E-state index is 12.8. The fourth-order valence-corrected chi connectivity index (χ4v) is 2.76. The molecule has 0 atom stereocenters. The van der Waals surface area contributed by atoms with Crippen molar-refractivity contribution in [2.75, 3.05) is 6.61 Å². The standard InChI is InChI=1S/C16H19FN4O3/c1-21-14(8-22)19-20-16(21)10-6-12(7-10)18-15(23)9-24-13-4-2-11(17)3-5-13/h2-5,10,12,22H,6-9H2,1H3,(H,18,23). The second-order valence-electron chi connectivity index (χ2n) is 5.87. The van der Waals surface area contributed by atoms with E-state index in [2.05, 4.69) is 15.5 Å². The highest BCUT2D eigenvalue weighted by atomic mass is 19.1. The third-order valence-corrected chi connectivity index (χ3v) is 4.19. The van der Waals surface area contributed by atoms with Gasteiger partial charge in [-0.05, 0) is 37.1 Å². The molecule has 2 N–H and O–H groups in total. The lowest BCUT2D eigenvalue weighted by Gasteiger charge is -2.34. The topological polar surface area (TPSA) is 89.3 Å². The minimum absolute atomic E-state index is 0.0774. The minimum Gasteiger partial charge on any atom is -0.484 e. The van der Waals surface area contributed by atoms with Crippen LogP contribution in [0.5, 0.6) is 5.75 Å². The quantitative estimate of drug-likeness (QED) is 0.819. The highest BCUT2D eigenvalue weighted by Crippen LogP contribution is 2.35. The number of carbonyl (C=O) groups is 1. The summed E-state index contributed by atoms with van der Waals surface area (Å²) >= 11 is 0. The molecule has 1 fully saturated rings. The molecule has 0 aliphatic heterocycles. The molecule has 0 radical (unpaired) electrons. The molecule has 24 heavy (non-hydrogen) atoms. The Labute approximate surface area is 138 Å². The molecular weight excluding hydrogens is 315 g/mol. The molecule has 8 heteroatoms. The van der Waals surface area contributed by atoms with Crippen LogP contribution >= 0.6 is 0 Å². The first-order chi connectivity index (χ1) is 11.6. The van der Waals surface area contributed by atoms with Crippen LogP contribution in [0.25, 0.3) is 0 Å². The van der Waals surface area contributed by atoms with E-state index in [-0.39, 0.29) is 36.9 Å². The van der Waals surface area contributed by atoms with E-state index in [1.54, 1.807) is 4.57 Å².